The molecule has 0 aliphatic heterocycles. The van der Waals surface area contributed by atoms with Crippen molar-refractivity contribution in [3.8, 4) is 0 Å². The van der Waals surface area contributed by atoms with Crippen LogP contribution in [0.3, 0.4) is 0 Å². The number of carbonyl (C=O) groups is 1. The maximum atomic E-state index is 12.0. The number of nitrogens with one attached hydrogen (secondary N) is 1. The fourth-order valence-corrected chi connectivity index (χ4v) is 3.10. The fraction of sp³-hybridized carbons (Fsp3) is 0.938. The van der Waals surface area contributed by atoms with Crippen molar-refractivity contribution >= 4 is 5.91 Å². The number of hydrogen-bond donors (Lipinski definition) is 2. The van der Waals surface area contributed by atoms with Gasteiger partial charge in [-0.1, -0.05) is 19.8 Å². The van der Waals surface area contributed by atoms with E-state index >= 15 is 0 Å². The van der Waals surface area contributed by atoms with E-state index in [1.807, 2.05) is 20.8 Å². The Bertz CT molecular complexity index is 297. The Morgan fingerprint density at radius 2 is 1.95 bits per heavy atom. The summed E-state index contributed by atoms with van der Waals surface area (Å²) in [6.07, 6.45) is 6.41. The largest absolute Gasteiger partial charge is 0.361 e. The van der Waals surface area contributed by atoms with E-state index < -0.39 is 6.10 Å². The van der Waals surface area contributed by atoms with E-state index in [0.717, 1.165) is 18.8 Å². The lowest BCUT2D eigenvalue weighted by Gasteiger charge is -2.41. The van der Waals surface area contributed by atoms with Crippen LogP contribution in [0.1, 0.15) is 66.2 Å². The molecule has 4 heteroatoms. The molecule has 0 aromatic heterocycles. The average molecular weight is 284 g/mol. The highest BCUT2D eigenvalue weighted by atomic mass is 16.5. The normalized spacial score (nSPS) is 28.4. The smallest absolute Gasteiger partial charge is 0.249 e. The van der Waals surface area contributed by atoms with Gasteiger partial charge in [0.25, 0.3) is 0 Å². The molecule has 0 saturated heterocycles. The van der Waals surface area contributed by atoms with Gasteiger partial charge in [-0.3, -0.25) is 4.79 Å². The monoisotopic (exact) mass is 284 g/mol. The molecule has 4 nitrogen and oxygen atoms in total. The molecule has 1 unspecified atom stereocenters. The summed E-state index contributed by atoms with van der Waals surface area (Å²) in [5.41, 5.74) is 5.66. The Kier molecular flexibility index (Phi) is 6.96. The van der Waals surface area contributed by atoms with E-state index in [-0.39, 0.29) is 17.6 Å². The van der Waals surface area contributed by atoms with Gasteiger partial charge in [0.05, 0.1) is 5.60 Å². The van der Waals surface area contributed by atoms with Gasteiger partial charge in [-0.2, -0.15) is 0 Å². The first-order valence-corrected chi connectivity index (χ1v) is 8.10. The van der Waals surface area contributed by atoms with Crippen LogP contribution in [-0.2, 0) is 9.53 Å². The van der Waals surface area contributed by atoms with Gasteiger partial charge in [0, 0.05) is 12.6 Å². The zero-order chi connectivity index (χ0) is 15.2. The number of carbonyl (C=O) groups excluding carboxylic acids is 1. The summed E-state index contributed by atoms with van der Waals surface area (Å²) in [5.74, 6) is 0.770. The standard InChI is InChI=1S/C16H32N2O2/c1-5-6-14-7-9-16(11-17,10-8-14)20-13(4)15(19)18-12(2)3/h12-14H,5-11,17H2,1-4H3,(H,18,19). The second kappa shape index (κ2) is 7.99. The number of nitrogens with two attached hydrogens (primary N) is 1. The highest BCUT2D eigenvalue weighted by molar-refractivity contribution is 5.80. The first-order chi connectivity index (χ1) is 9.42. The number of hydrogen-bond acceptors (Lipinski definition) is 3. The predicted octanol–water partition coefficient (Wildman–Crippen LogP) is 2.60. The topological polar surface area (TPSA) is 64.3 Å². The van der Waals surface area contributed by atoms with E-state index in [4.69, 9.17) is 10.5 Å². The van der Waals surface area contributed by atoms with Crippen molar-refractivity contribution < 1.29 is 9.53 Å². The Labute approximate surface area is 123 Å². The molecule has 0 radical (unpaired) electrons. The molecular formula is C16H32N2O2. The van der Waals surface area contributed by atoms with Crippen LogP contribution in [0.2, 0.25) is 0 Å². The van der Waals surface area contributed by atoms with Gasteiger partial charge >= 0.3 is 0 Å². The highest BCUT2D eigenvalue weighted by Gasteiger charge is 2.37. The summed E-state index contributed by atoms with van der Waals surface area (Å²) in [5, 5.41) is 2.90. The number of ether oxygens (including phenoxy) is 1. The number of amides is 1. The molecule has 1 fully saturated rings. The third-order valence-electron chi connectivity index (χ3n) is 4.31. The van der Waals surface area contributed by atoms with Crippen molar-refractivity contribution in [3.63, 3.8) is 0 Å². The van der Waals surface area contributed by atoms with Crippen LogP contribution in [-0.4, -0.2) is 30.2 Å². The third-order valence-corrected chi connectivity index (χ3v) is 4.31. The Morgan fingerprint density at radius 3 is 2.40 bits per heavy atom. The third kappa shape index (κ3) is 5.06. The Hall–Kier alpha value is -0.610. The maximum Gasteiger partial charge on any atom is 0.249 e. The Balaban J connectivity index is 2.52. The minimum Gasteiger partial charge on any atom is -0.361 e. The molecule has 0 spiro atoms. The molecule has 0 heterocycles. The summed E-state index contributed by atoms with van der Waals surface area (Å²) >= 11 is 0. The lowest BCUT2D eigenvalue weighted by Crippen LogP contribution is -2.49. The lowest BCUT2D eigenvalue weighted by atomic mass is 9.77. The fourth-order valence-electron chi connectivity index (χ4n) is 3.10. The molecule has 1 aliphatic rings. The van der Waals surface area contributed by atoms with Crippen molar-refractivity contribution in [1.29, 1.82) is 0 Å². The average Bonchev–Trinajstić information content (AvgIpc) is 2.40. The molecule has 20 heavy (non-hydrogen) atoms. The number of rotatable bonds is 7. The van der Waals surface area contributed by atoms with Crippen LogP contribution in [0.15, 0.2) is 0 Å². The Morgan fingerprint density at radius 1 is 1.35 bits per heavy atom. The molecule has 0 aromatic rings. The predicted molar refractivity (Wildman–Crippen MR) is 82.5 cm³/mol. The van der Waals surface area contributed by atoms with Crippen LogP contribution in [0.25, 0.3) is 0 Å². The van der Waals surface area contributed by atoms with Crippen LogP contribution < -0.4 is 11.1 Å². The van der Waals surface area contributed by atoms with E-state index in [9.17, 15) is 4.79 Å². The van der Waals surface area contributed by atoms with Crippen molar-refractivity contribution in [2.24, 2.45) is 11.7 Å². The zero-order valence-corrected chi connectivity index (χ0v) is 13.6. The minimum absolute atomic E-state index is 0.0384. The zero-order valence-electron chi connectivity index (χ0n) is 13.6. The quantitative estimate of drug-likeness (QED) is 0.755. The van der Waals surface area contributed by atoms with Crippen LogP contribution in [0, 0.1) is 5.92 Å². The molecule has 1 aliphatic carbocycles. The second-order valence-electron chi connectivity index (χ2n) is 6.54. The van der Waals surface area contributed by atoms with E-state index in [1.54, 1.807) is 0 Å². The molecule has 3 N–H and O–H groups in total. The van der Waals surface area contributed by atoms with Gasteiger partial charge in [0.1, 0.15) is 6.10 Å². The van der Waals surface area contributed by atoms with Crippen molar-refractivity contribution in [1.82, 2.24) is 5.32 Å². The first kappa shape index (κ1) is 17.4. The van der Waals surface area contributed by atoms with Gasteiger partial charge < -0.3 is 15.8 Å². The summed E-state index contributed by atoms with van der Waals surface area (Å²) in [4.78, 5) is 12.0. The lowest BCUT2D eigenvalue weighted by molar-refractivity contribution is -0.151. The van der Waals surface area contributed by atoms with Crippen molar-refractivity contribution in [2.45, 2.75) is 84.0 Å². The molecule has 0 aromatic carbocycles. The molecular weight excluding hydrogens is 252 g/mol. The summed E-state index contributed by atoms with van der Waals surface area (Å²) < 4.78 is 6.08. The van der Waals surface area contributed by atoms with Gasteiger partial charge in [-0.15, -0.1) is 0 Å². The van der Waals surface area contributed by atoms with Gasteiger partial charge in [0.2, 0.25) is 5.91 Å². The molecule has 1 rings (SSSR count). The van der Waals surface area contributed by atoms with Gasteiger partial charge in [-0.05, 0) is 52.4 Å². The van der Waals surface area contributed by atoms with E-state index in [2.05, 4.69) is 12.2 Å². The van der Waals surface area contributed by atoms with Crippen molar-refractivity contribution in [2.75, 3.05) is 6.54 Å². The molecule has 1 amide bonds. The van der Waals surface area contributed by atoms with Crippen molar-refractivity contribution in [3.05, 3.63) is 0 Å². The molecule has 118 valence electrons. The van der Waals surface area contributed by atoms with Gasteiger partial charge in [-0.25, -0.2) is 0 Å². The minimum atomic E-state index is -0.427. The van der Waals surface area contributed by atoms with Gasteiger partial charge in [0.15, 0.2) is 0 Å². The van der Waals surface area contributed by atoms with Crippen LogP contribution in [0.4, 0.5) is 0 Å². The summed E-state index contributed by atoms with van der Waals surface area (Å²) in [6, 6.07) is 0.141. The molecule has 0 bridgehead atoms. The summed E-state index contributed by atoms with van der Waals surface area (Å²) in [7, 11) is 0. The summed E-state index contributed by atoms with van der Waals surface area (Å²) in [6.45, 7) is 8.48. The van der Waals surface area contributed by atoms with E-state index in [1.165, 1.54) is 25.7 Å². The molecule has 1 atom stereocenters. The SMILES string of the molecule is CCCC1CCC(CN)(OC(C)C(=O)NC(C)C)CC1. The maximum absolute atomic E-state index is 12.0. The second-order valence-corrected chi connectivity index (χ2v) is 6.54. The highest BCUT2D eigenvalue weighted by Crippen LogP contribution is 2.37. The first-order valence-electron chi connectivity index (χ1n) is 8.10. The molecule has 1 saturated carbocycles. The van der Waals surface area contributed by atoms with Crippen LogP contribution in [0.5, 0.6) is 0 Å². The van der Waals surface area contributed by atoms with Crippen LogP contribution >= 0.6 is 0 Å². The van der Waals surface area contributed by atoms with E-state index in [0.29, 0.717) is 6.54 Å².